The first-order valence-electron chi connectivity index (χ1n) is 12.4. The number of benzene rings is 2. The molecule has 2 aromatic carbocycles. The van der Waals surface area contributed by atoms with Crippen molar-refractivity contribution in [3.63, 3.8) is 0 Å². The molecule has 3 atom stereocenters. The van der Waals surface area contributed by atoms with Crippen LogP contribution in [0.15, 0.2) is 52.6 Å². The molecule has 0 radical (unpaired) electrons. The maximum absolute atomic E-state index is 13.8. The van der Waals surface area contributed by atoms with Gasteiger partial charge in [-0.05, 0) is 55.5 Å². The highest BCUT2D eigenvalue weighted by Crippen LogP contribution is 2.39. The molecule has 0 spiro atoms. The first kappa shape index (κ1) is 26.0. The van der Waals surface area contributed by atoms with Gasteiger partial charge in [0.1, 0.15) is 22.8 Å². The number of nitrogens with one attached hydrogen (secondary N) is 2. The fraction of sp³-hybridized carbons (Fsp3) is 0.407. The first-order chi connectivity index (χ1) is 17.4. The van der Waals surface area contributed by atoms with Crippen molar-refractivity contribution in [3.05, 3.63) is 65.4 Å². The Bertz CT molecular complexity index is 1240. The number of nitrogens with zero attached hydrogens (tertiary/aromatic N) is 2. The summed E-state index contributed by atoms with van der Waals surface area (Å²) >= 11 is 1.57. The largest absolute Gasteiger partial charge is 0.424 e. The molecular weight excluding hydrogens is 482 g/mol. The summed E-state index contributed by atoms with van der Waals surface area (Å²) in [5.74, 6) is -0.465. The monoisotopic (exact) mass is 514 g/mol. The highest BCUT2D eigenvalue weighted by atomic mass is 32.2. The molecule has 5 rings (SSSR count). The van der Waals surface area contributed by atoms with Crippen molar-refractivity contribution in [2.75, 3.05) is 18.4 Å². The van der Waals surface area contributed by atoms with E-state index < -0.39 is 0 Å². The summed E-state index contributed by atoms with van der Waals surface area (Å²) < 4.78 is 32.6. The van der Waals surface area contributed by atoms with Crippen molar-refractivity contribution < 1.29 is 18.0 Å². The number of piperidine rings is 1. The Kier molecular flexibility index (Phi) is 8.18. The summed E-state index contributed by atoms with van der Waals surface area (Å²) in [4.78, 5) is 20.8. The quantitative estimate of drug-likeness (QED) is 0.421. The summed E-state index contributed by atoms with van der Waals surface area (Å²) in [7, 11) is 0. The number of likely N-dealkylation sites (tertiary alicyclic amines) is 1. The number of carbonyl (C=O) groups is 1. The molecule has 2 N–H and O–H groups in total. The van der Waals surface area contributed by atoms with Gasteiger partial charge >= 0.3 is 0 Å². The van der Waals surface area contributed by atoms with Gasteiger partial charge in [-0.15, -0.1) is 0 Å². The van der Waals surface area contributed by atoms with Crippen molar-refractivity contribution >= 4 is 39.7 Å². The Hall–Kier alpha value is -3.07. The first-order valence-corrected chi connectivity index (χ1v) is 13.3. The molecule has 9 heteroatoms. The van der Waals surface area contributed by atoms with Gasteiger partial charge in [0.05, 0.1) is 11.4 Å². The minimum atomic E-state index is -0.369. The number of fused-ring (bicyclic) bond motifs is 1. The molecule has 0 bridgehead atoms. The molecule has 3 aromatic rings. The molecular formula is C27H32F2N4O2S. The third-order valence-electron chi connectivity index (χ3n) is 6.38. The summed E-state index contributed by atoms with van der Waals surface area (Å²) in [5, 5.41) is 6.57. The number of oxazole rings is 1. The molecule has 1 aromatic heterocycles. The molecule has 2 aliphatic heterocycles. The summed E-state index contributed by atoms with van der Waals surface area (Å²) in [6.07, 6.45) is 1.94. The van der Waals surface area contributed by atoms with Crippen molar-refractivity contribution in [1.82, 2.24) is 15.2 Å². The van der Waals surface area contributed by atoms with Crippen LogP contribution in [0.5, 0.6) is 0 Å². The lowest BCUT2D eigenvalue weighted by molar-refractivity contribution is -0.132. The van der Waals surface area contributed by atoms with Crippen LogP contribution in [0.1, 0.15) is 46.1 Å². The molecule has 1 fully saturated rings. The Morgan fingerprint density at radius 3 is 2.64 bits per heavy atom. The summed E-state index contributed by atoms with van der Waals surface area (Å²) in [5.41, 5.74) is 2.33. The molecule has 1 unspecified atom stereocenters. The van der Waals surface area contributed by atoms with Crippen molar-refractivity contribution in [2.45, 2.75) is 52.0 Å². The SMILES string of the molecule is CC.CC1NC(C(=O)N2CCC[C@@H](C)[C@H]2CNc2nc3cc(F)ccc3o2)=C(c2ccc(F)cc2)S1. The second kappa shape index (κ2) is 11.3. The lowest BCUT2D eigenvalue weighted by Gasteiger charge is -2.40. The Labute approximate surface area is 214 Å². The van der Waals surface area contributed by atoms with Gasteiger partial charge < -0.3 is 20.0 Å². The van der Waals surface area contributed by atoms with Gasteiger partial charge in [-0.2, -0.15) is 4.98 Å². The van der Waals surface area contributed by atoms with Crippen LogP contribution in [0.4, 0.5) is 14.8 Å². The molecule has 0 saturated carbocycles. The van der Waals surface area contributed by atoms with E-state index in [1.807, 2.05) is 25.7 Å². The van der Waals surface area contributed by atoms with Gasteiger partial charge in [0.2, 0.25) is 0 Å². The number of anilines is 1. The van der Waals surface area contributed by atoms with Crippen molar-refractivity contribution in [2.24, 2.45) is 5.92 Å². The second-order valence-corrected chi connectivity index (χ2v) is 10.2. The molecule has 192 valence electrons. The van der Waals surface area contributed by atoms with E-state index in [1.165, 1.54) is 24.3 Å². The van der Waals surface area contributed by atoms with E-state index in [4.69, 9.17) is 4.42 Å². The van der Waals surface area contributed by atoms with Gasteiger partial charge in [-0.1, -0.05) is 44.7 Å². The second-order valence-electron chi connectivity index (χ2n) is 8.81. The third kappa shape index (κ3) is 5.51. The van der Waals surface area contributed by atoms with Gasteiger partial charge in [0.15, 0.2) is 5.58 Å². The number of rotatable bonds is 5. The Morgan fingerprint density at radius 2 is 1.89 bits per heavy atom. The number of thioether (sulfide) groups is 1. The minimum Gasteiger partial charge on any atom is -0.424 e. The topological polar surface area (TPSA) is 70.4 Å². The predicted molar refractivity (Wildman–Crippen MR) is 141 cm³/mol. The lowest BCUT2D eigenvalue weighted by atomic mass is 9.90. The van der Waals surface area contributed by atoms with Crippen LogP contribution in [0.2, 0.25) is 0 Å². The number of amides is 1. The summed E-state index contributed by atoms with van der Waals surface area (Å²) in [6, 6.07) is 10.7. The fourth-order valence-corrected chi connectivity index (χ4v) is 5.70. The zero-order valence-corrected chi connectivity index (χ0v) is 21.8. The number of carbonyl (C=O) groups excluding carboxylic acids is 1. The molecule has 36 heavy (non-hydrogen) atoms. The average molecular weight is 515 g/mol. The number of hydrogen-bond donors (Lipinski definition) is 2. The maximum Gasteiger partial charge on any atom is 0.295 e. The number of hydrogen-bond acceptors (Lipinski definition) is 6. The van der Waals surface area contributed by atoms with E-state index in [0.717, 1.165) is 23.3 Å². The van der Waals surface area contributed by atoms with E-state index >= 15 is 0 Å². The van der Waals surface area contributed by atoms with Gasteiger partial charge in [-0.3, -0.25) is 4.79 Å². The fourth-order valence-electron chi connectivity index (χ4n) is 4.63. The van der Waals surface area contributed by atoms with Crippen molar-refractivity contribution in [3.8, 4) is 0 Å². The van der Waals surface area contributed by atoms with E-state index in [0.29, 0.717) is 35.9 Å². The van der Waals surface area contributed by atoms with Crippen LogP contribution in [-0.2, 0) is 4.79 Å². The van der Waals surface area contributed by atoms with Gasteiger partial charge in [-0.25, -0.2) is 8.78 Å². The van der Waals surface area contributed by atoms with Crippen molar-refractivity contribution in [1.29, 1.82) is 0 Å². The zero-order chi connectivity index (χ0) is 25.8. The molecule has 0 aliphatic carbocycles. The van der Waals surface area contributed by atoms with Gasteiger partial charge in [0.25, 0.3) is 11.9 Å². The van der Waals surface area contributed by atoms with Crippen LogP contribution < -0.4 is 10.6 Å². The average Bonchev–Trinajstić information content (AvgIpc) is 3.47. The van der Waals surface area contributed by atoms with E-state index in [2.05, 4.69) is 22.5 Å². The maximum atomic E-state index is 13.8. The lowest BCUT2D eigenvalue weighted by Crippen LogP contribution is -2.52. The minimum absolute atomic E-state index is 0.0398. The molecule has 3 heterocycles. The summed E-state index contributed by atoms with van der Waals surface area (Å²) in [6.45, 7) is 9.25. The third-order valence-corrected chi connectivity index (χ3v) is 7.53. The standard InChI is InChI=1S/C25H26F2N4O2S.C2H6/c1-14-4-3-11-31(20(14)13-28-25-30-19-12-18(27)9-10-21(19)33-25)24(32)22-23(34-15(2)29-22)16-5-7-17(26)8-6-16;1-2/h5-10,12,14-15,20,29H,3-4,11,13H2,1-2H3,(H,28,30);1-2H3/t14-,15?,20-;/m1./s1. The number of halogens is 2. The zero-order valence-electron chi connectivity index (χ0n) is 21.0. The highest BCUT2D eigenvalue weighted by Gasteiger charge is 2.37. The molecule has 6 nitrogen and oxygen atoms in total. The van der Waals surface area contributed by atoms with Crippen LogP contribution >= 0.6 is 11.8 Å². The van der Waals surface area contributed by atoms with E-state index in [1.54, 1.807) is 30.0 Å². The van der Waals surface area contributed by atoms with E-state index in [9.17, 15) is 13.6 Å². The van der Waals surface area contributed by atoms with Gasteiger partial charge in [0, 0.05) is 24.1 Å². The van der Waals surface area contributed by atoms with Crippen LogP contribution in [0, 0.1) is 17.6 Å². The molecule has 1 saturated heterocycles. The van der Waals surface area contributed by atoms with Crippen LogP contribution in [0.3, 0.4) is 0 Å². The Balaban J connectivity index is 0.00000148. The van der Waals surface area contributed by atoms with Crippen LogP contribution in [-0.4, -0.2) is 40.3 Å². The van der Waals surface area contributed by atoms with Crippen LogP contribution in [0.25, 0.3) is 16.0 Å². The predicted octanol–water partition coefficient (Wildman–Crippen LogP) is 6.22. The normalized spacial score (nSPS) is 21.7. The number of aromatic nitrogens is 1. The smallest absolute Gasteiger partial charge is 0.295 e. The molecule has 1 amide bonds. The Morgan fingerprint density at radius 1 is 1.17 bits per heavy atom. The van der Waals surface area contributed by atoms with E-state index in [-0.39, 0.29) is 34.9 Å². The highest BCUT2D eigenvalue weighted by molar-refractivity contribution is 8.09. The molecule has 2 aliphatic rings.